The van der Waals surface area contributed by atoms with E-state index >= 15 is 0 Å². The second-order valence-electron chi connectivity index (χ2n) is 2.83. The van der Waals surface area contributed by atoms with Gasteiger partial charge >= 0.3 is 0 Å². The Morgan fingerprint density at radius 3 is 2.40 bits per heavy atom. The first-order chi connectivity index (χ1) is 7.09. The van der Waals surface area contributed by atoms with Gasteiger partial charge in [0.15, 0.2) is 10.8 Å². The third kappa shape index (κ3) is 2.24. The van der Waals surface area contributed by atoms with E-state index in [1.54, 1.807) is 10.6 Å². The number of fused-ring (bicyclic) bond motifs is 1. The van der Waals surface area contributed by atoms with Gasteiger partial charge in [0.1, 0.15) is 0 Å². The molecular weight excluding hydrogens is 233 g/mol. The van der Waals surface area contributed by atoms with Crippen molar-refractivity contribution in [2.75, 3.05) is 0 Å². The molecule has 2 aromatic heterocycles. The molecule has 0 aliphatic heterocycles. The van der Waals surface area contributed by atoms with Crippen molar-refractivity contribution in [3.63, 3.8) is 0 Å². The largest absolute Gasteiger partial charge is 0.231 e. The molecule has 0 spiro atoms. The number of rotatable bonds is 0. The summed E-state index contributed by atoms with van der Waals surface area (Å²) in [4.78, 5) is 4.26. The fourth-order valence-electron chi connectivity index (χ4n) is 1.17. The van der Waals surface area contributed by atoms with Gasteiger partial charge in [-0.25, -0.2) is 9.50 Å². The van der Waals surface area contributed by atoms with Crippen LogP contribution in [-0.2, 0) is 0 Å². The maximum atomic E-state index is 5.94. The highest BCUT2D eigenvalue weighted by atomic mass is 35.5. The summed E-state index contributed by atoms with van der Waals surface area (Å²) in [6.07, 6.45) is 0. The predicted octanol–water partition coefficient (Wildman–Crippen LogP) is 3.68. The second-order valence-corrected chi connectivity index (χ2v) is 3.63. The zero-order valence-electron chi connectivity index (χ0n) is 9.17. The molecule has 0 saturated carbocycles. The smallest absolute Gasteiger partial charge is 0.172 e. The fraction of sp³-hybridized carbons (Fsp3) is 0.400. The van der Waals surface area contributed by atoms with Gasteiger partial charge in [0, 0.05) is 0 Å². The Balaban J connectivity index is 0.000000531. The molecule has 0 radical (unpaired) electrons. The molecule has 0 aliphatic carbocycles. The molecule has 0 unspecified atom stereocenters. The van der Waals surface area contributed by atoms with Gasteiger partial charge in [-0.2, -0.15) is 5.10 Å². The van der Waals surface area contributed by atoms with Crippen molar-refractivity contribution in [2.45, 2.75) is 27.7 Å². The van der Waals surface area contributed by atoms with Gasteiger partial charge < -0.3 is 0 Å². The Morgan fingerprint density at radius 2 is 1.80 bits per heavy atom. The molecule has 2 heterocycles. The van der Waals surface area contributed by atoms with E-state index in [1.807, 2.05) is 27.7 Å². The third-order valence-corrected chi connectivity index (χ3v) is 2.43. The molecule has 15 heavy (non-hydrogen) atoms. The van der Waals surface area contributed by atoms with Crippen molar-refractivity contribution >= 4 is 28.8 Å². The summed E-state index contributed by atoms with van der Waals surface area (Å²) in [6.45, 7) is 7.84. The molecule has 0 aliphatic rings. The summed E-state index contributed by atoms with van der Waals surface area (Å²) in [5, 5.41) is 4.99. The lowest BCUT2D eigenvalue weighted by molar-refractivity contribution is 0.896. The van der Waals surface area contributed by atoms with Crippen molar-refractivity contribution in [2.24, 2.45) is 0 Å². The standard InChI is InChI=1S/C8H7Cl2N3.C2H6/c1-4-5(2)13-8(11-4)6(9)3-7(10)12-13;1-2/h3H,1-2H3;1-2H3. The maximum absolute atomic E-state index is 5.94. The molecular formula is C10H13Cl2N3. The van der Waals surface area contributed by atoms with Gasteiger partial charge in [-0.15, -0.1) is 0 Å². The van der Waals surface area contributed by atoms with Crippen LogP contribution in [0.4, 0.5) is 0 Å². The van der Waals surface area contributed by atoms with Crippen molar-refractivity contribution in [3.05, 3.63) is 27.6 Å². The average Bonchev–Trinajstić information content (AvgIpc) is 2.49. The van der Waals surface area contributed by atoms with Gasteiger partial charge in [-0.05, 0) is 19.9 Å². The SMILES string of the molecule is CC.Cc1nc2c(Cl)cc(Cl)nn2c1C. The molecule has 0 amide bonds. The Bertz CT molecular complexity index is 477. The molecule has 2 rings (SSSR count). The monoisotopic (exact) mass is 245 g/mol. The van der Waals surface area contributed by atoms with Crippen molar-refractivity contribution < 1.29 is 0 Å². The predicted molar refractivity (Wildman–Crippen MR) is 63.8 cm³/mol. The van der Waals surface area contributed by atoms with E-state index in [0.29, 0.717) is 15.8 Å². The highest BCUT2D eigenvalue weighted by Gasteiger charge is 2.09. The molecule has 0 N–H and O–H groups in total. The molecule has 5 heteroatoms. The molecule has 3 nitrogen and oxygen atoms in total. The Hall–Kier alpha value is -0.800. The van der Waals surface area contributed by atoms with E-state index < -0.39 is 0 Å². The molecule has 0 fully saturated rings. The summed E-state index contributed by atoms with van der Waals surface area (Å²) in [5.41, 5.74) is 2.53. The summed E-state index contributed by atoms with van der Waals surface area (Å²) in [6, 6.07) is 1.59. The first kappa shape index (κ1) is 12.3. The van der Waals surface area contributed by atoms with Crippen LogP contribution < -0.4 is 0 Å². The minimum atomic E-state index is 0.373. The summed E-state index contributed by atoms with van der Waals surface area (Å²) < 4.78 is 1.65. The fourth-order valence-corrected chi connectivity index (χ4v) is 1.64. The Morgan fingerprint density at radius 1 is 1.20 bits per heavy atom. The summed E-state index contributed by atoms with van der Waals surface area (Å²) >= 11 is 11.7. The highest BCUT2D eigenvalue weighted by Crippen LogP contribution is 2.21. The Kier molecular flexibility index (Phi) is 3.94. The number of hydrogen-bond acceptors (Lipinski definition) is 2. The first-order valence-electron chi connectivity index (χ1n) is 4.77. The van der Waals surface area contributed by atoms with Crippen LogP contribution in [0, 0.1) is 13.8 Å². The van der Waals surface area contributed by atoms with Gasteiger partial charge in [0.05, 0.1) is 16.4 Å². The third-order valence-electron chi connectivity index (χ3n) is 1.97. The van der Waals surface area contributed by atoms with Crippen LogP contribution in [0.25, 0.3) is 5.65 Å². The minimum Gasteiger partial charge on any atom is -0.231 e. The lowest BCUT2D eigenvalue weighted by Gasteiger charge is -1.97. The molecule has 0 atom stereocenters. The van der Waals surface area contributed by atoms with Gasteiger partial charge in [0.25, 0.3) is 0 Å². The number of aromatic nitrogens is 3. The number of aryl methyl sites for hydroxylation is 2. The van der Waals surface area contributed by atoms with Crippen molar-refractivity contribution in [1.82, 2.24) is 14.6 Å². The van der Waals surface area contributed by atoms with E-state index in [9.17, 15) is 0 Å². The zero-order chi connectivity index (χ0) is 11.6. The molecule has 0 saturated heterocycles. The average molecular weight is 246 g/mol. The maximum Gasteiger partial charge on any atom is 0.172 e. The summed E-state index contributed by atoms with van der Waals surface area (Å²) in [7, 11) is 0. The van der Waals surface area contributed by atoms with E-state index in [4.69, 9.17) is 23.2 Å². The zero-order valence-corrected chi connectivity index (χ0v) is 10.7. The van der Waals surface area contributed by atoms with Gasteiger partial charge in [-0.3, -0.25) is 0 Å². The molecule has 0 bridgehead atoms. The van der Waals surface area contributed by atoms with Crippen LogP contribution in [0.15, 0.2) is 6.07 Å². The minimum absolute atomic E-state index is 0.373. The quantitative estimate of drug-likeness (QED) is 0.709. The van der Waals surface area contributed by atoms with Crippen molar-refractivity contribution in [3.8, 4) is 0 Å². The first-order valence-corrected chi connectivity index (χ1v) is 5.53. The molecule has 82 valence electrons. The Labute approximate surface area is 99.0 Å². The van der Waals surface area contributed by atoms with E-state index in [1.165, 1.54) is 0 Å². The topological polar surface area (TPSA) is 30.2 Å². The normalized spacial score (nSPS) is 10.0. The number of imidazole rings is 1. The van der Waals surface area contributed by atoms with Gasteiger partial charge in [0.2, 0.25) is 0 Å². The highest BCUT2D eigenvalue weighted by molar-refractivity contribution is 6.35. The second kappa shape index (κ2) is 4.81. The number of nitrogens with zero attached hydrogens (tertiary/aromatic N) is 3. The van der Waals surface area contributed by atoms with E-state index in [2.05, 4.69) is 10.1 Å². The van der Waals surface area contributed by atoms with Crippen LogP contribution in [0.2, 0.25) is 10.2 Å². The lowest BCUT2D eigenvalue weighted by atomic mass is 10.4. The van der Waals surface area contributed by atoms with Crippen molar-refractivity contribution in [1.29, 1.82) is 0 Å². The lowest BCUT2D eigenvalue weighted by Crippen LogP contribution is -1.94. The van der Waals surface area contributed by atoms with Gasteiger partial charge in [-0.1, -0.05) is 37.0 Å². The van der Waals surface area contributed by atoms with Crippen LogP contribution >= 0.6 is 23.2 Å². The molecule has 0 aromatic carbocycles. The van der Waals surface area contributed by atoms with Crippen LogP contribution in [0.5, 0.6) is 0 Å². The number of hydrogen-bond donors (Lipinski definition) is 0. The van der Waals surface area contributed by atoms with Crippen LogP contribution in [0.1, 0.15) is 25.2 Å². The summed E-state index contributed by atoms with van der Waals surface area (Å²) in [5.74, 6) is 0. The van der Waals surface area contributed by atoms with E-state index in [0.717, 1.165) is 11.4 Å². The van der Waals surface area contributed by atoms with Crippen LogP contribution in [0.3, 0.4) is 0 Å². The van der Waals surface area contributed by atoms with Crippen LogP contribution in [-0.4, -0.2) is 14.6 Å². The molecule has 2 aromatic rings. The van der Waals surface area contributed by atoms with E-state index in [-0.39, 0.29) is 0 Å². The number of halogens is 2.